The van der Waals surface area contributed by atoms with Gasteiger partial charge in [-0.25, -0.2) is 9.69 Å². The zero-order chi connectivity index (χ0) is 10.7. The number of rotatable bonds is 1. The highest BCUT2D eigenvalue weighted by atomic mass is 35.5. The lowest BCUT2D eigenvalue weighted by Gasteiger charge is -2.10. The van der Waals surface area contributed by atoms with Crippen LogP contribution in [0.25, 0.3) is 0 Å². The molecular formula is C9H9Cl2NO3. The maximum atomic E-state index is 11.4. The molecule has 82 valence electrons. The van der Waals surface area contributed by atoms with Crippen molar-refractivity contribution >= 4 is 36.0 Å². The fourth-order valence-electron chi connectivity index (χ4n) is 0.902. The lowest BCUT2D eigenvalue weighted by atomic mass is 10.2. The molecule has 1 N–H and O–H groups in total. The van der Waals surface area contributed by atoms with Gasteiger partial charge >= 0.3 is 6.09 Å². The lowest BCUT2D eigenvalue weighted by Crippen LogP contribution is -2.31. The molecule has 0 bridgehead atoms. The molecule has 0 aromatic heterocycles. The highest BCUT2D eigenvalue weighted by Crippen LogP contribution is 2.12. The zero-order valence-corrected chi connectivity index (χ0v) is 9.38. The van der Waals surface area contributed by atoms with Crippen molar-refractivity contribution in [3.05, 3.63) is 34.9 Å². The number of amides is 2. The fraction of sp³-hybridized carbons (Fsp3) is 0.111. The van der Waals surface area contributed by atoms with Crippen LogP contribution in [0.1, 0.15) is 10.4 Å². The van der Waals surface area contributed by atoms with Crippen molar-refractivity contribution in [2.75, 3.05) is 7.05 Å². The zero-order valence-electron chi connectivity index (χ0n) is 7.81. The van der Waals surface area contributed by atoms with Crippen molar-refractivity contribution in [1.29, 1.82) is 0 Å². The summed E-state index contributed by atoms with van der Waals surface area (Å²) < 4.78 is 0. The van der Waals surface area contributed by atoms with Gasteiger partial charge in [0.25, 0.3) is 5.91 Å². The van der Waals surface area contributed by atoms with Crippen molar-refractivity contribution in [2.45, 2.75) is 0 Å². The number of nitrogens with zero attached hydrogens (tertiary/aromatic N) is 1. The van der Waals surface area contributed by atoms with Gasteiger partial charge in [0.05, 0.1) is 0 Å². The van der Waals surface area contributed by atoms with E-state index in [-0.39, 0.29) is 18.0 Å². The summed E-state index contributed by atoms with van der Waals surface area (Å²) in [7, 11) is 1.19. The van der Waals surface area contributed by atoms with E-state index in [9.17, 15) is 9.59 Å². The summed E-state index contributed by atoms with van der Waals surface area (Å²) >= 11 is 5.66. The van der Waals surface area contributed by atoms with Gasteiger partial charge in [0.2, 0.25) is 0 Å². The van der Waals surface area contributed by atoms with Gasteiger partial charge < -0.3 is 5.11 Å². The first-order valence-corrected chi connectivity index (χ1v) is 4.16. The number of carbonyl (C=O) groups is 2. The van der Waals surface area contributed by atoms with E-state index in [4.69, 9.17) is 16.7 Å². The molecule has 0 fully saturated rings. The largest absolute Gasteiger partial charge is 0.465 e. The van der Waals surface area contributed by atoms with Crippen LogP contribution in [0.5, 0.6) is 0 Å². The molecular weight excluding hydrogens is 241 g/mol. The second-order valence-electron chi connectivity index (χ2n) is 2.66. The number of carboxylic acid groups (broad SMARTS) is 1. The van der Waals surface area contributed by atoms with E-state index in [0.717, 1.165) is 0 Å². The molecule has 0 spiro atoms. The number of benzene rings is 1. The summed E-state index contributed by atoms with van der Waals surface area (Å²) in [6.45, 7) is 0. The van der Waals surface area contributed by atoms with Crippen LogP contribution in [0.3, 0.4) is 0 Å². The van der Waals surface area contributed by atoms with Crippen LogP contribution in [0.15, 0.2) is 24.3 Å². The summed E-state index contributed by atoms with van der Waals surface area (Å²) in [6, 6.07) is 6.13. The van der Waals surface area contributed by atoms with Gasteiger partial charge in [0.1, 0.15) is 0 Å². The summed E-state index contributed by atoms with van der Waals surface area (Å²) in [5.41, 5.74) is 0.252. The van der Waals surface area contributed by atoms with Crippen molar-refractivity contribution < 1.29 is 14.7 Å². The van der Waals surface area contributed by atoms with E-state index < -0.39 is 12.0 Å². The molecule has 0 aliphatic rings. The number of imide groups is 1. The molecule has 0 aliphatic carbocycles. The number of hydrogen-bond acceptors (Lipinski definition) is 2. The number of halogens is 2. The number of carbonyl (C=O) groups excluding carboxylic acids is 1. The molecule has 0 unspecified atom stereocenters. The highest BCUT2D eigenvalue weighted by molar-refractivity contribution is 6.31. The first-order valence-electron chi connectivity index (χ1n) is 3.79. The van der Waals surface area contributed by atoms with Gasteiger partial charge in [0.15, 0.2) is 0 Å². The molecule has 0 heterocycles. The van der Waals surface area contributed by atoms with Crippen molar-refractivity contribution in [1.82, 2.24) is 4.90 Å². The second kappa shape index (κ2) is 5.58. The minimum absolute atomic E-state index is 0. The first-order chi connectivity index (χ1) is 6.52. The number of hydrogen-bond donors (Lipinski definition) is 1. The Balaban J connectivity index is 0.00000196. The molecule has 0 saturated carbocycles. The van der Waals surface area contributed by atoms with Crippen molar-refractivity contribution in [3.8, 4) is 0 Å². The van der Waals surface area contributed by atoms with Gasteiger partial charge in [-0.05, 0) is 18.2 Å². The molecule has 15 heavy (non-hydrogen) atoms. The van der Waals surface area contributed by atoms with E-state index in [1.54, 1.807) is 12.1 Å². The maximum absolute atomic E-state index is 11.4. The normalized spacial score (nSPS) is 8.93. The average molecular weight is 250 g/mol. The van der Waals surface area contributed by atoms with Gasteiger partial charge in [0, 0.05) is 17.6 Å². The Hall–Kier alpha value is -1.26. The Morgan fingerprint density at radius 2 is 2.00 bits per heavy atom. The highest BCUT2D eigenvalue weighted by Gasteiger charge is 2.17. The van der Waals surface area contributed by atoms with E-state index in [0.29, 0.717) is 9.92 Å². The van der Waals surface area contributed by atoms with Crippen LogP contribution in [0.4, 0.5) is 4.79 Å². The van der Waals surface area contributed by atoms with E-state index >= 15 is 0 Å². The Morgan fingerprint density at radius 3 is 2.47 bits per heavy atom. The molecule has 0 aliphatic heterocycles. The predicted molar refractivity (Wildman–Crippen MR) is 58.8 cm³/mol. The summed E-state index contributed by atoms with van der Waals surface area (Å²) in [5.74, 6) is -0.597. The van der Waals surface area contributed by atoms with Crippen LogP contribution in [0.2, 0.25) is 5.02 Å². The fourth-order valence-corrected chi connectivity index (χ4v) is 1.09. The van der Waals surface area contributed by atoms with E-state index in [1.807, 2.05) is 0 Å². The summed E-state index contributed by atoms with van der Waals surface area (Å²) in [5, 5.41) is 8.95. The average Bonchev–Trinajstić information content (AvgIpc) is 2.15. The smallest absolute Gasteiger partial charge is 0.414 e. The minimum atomic E-state index is -1.30. The van der Waals surface area contributed by atoms with Crippen LogP contribution < -0.4 is 0 Å². The van der Waals surface area contributed by atoms with Gasteiger partial charge in [-0.3, -0.25) is 4.79 Å². The topological polar surface area (TPSA) is 57.6 Å². The molecule has 0 atom stereocenters. The SMILES string of the molecule is CN(C(=O)O)C(=O)c1cccc(Cl)c1.Cl. The Labute approximate surface area is 97.9 Å². The molecule has 1 rings (SSSR count). The molecule has 6 heteroatoms. The van der Waals surface area contributed by atoms with E-state index in [1.165, 1.54) is 19.2 Å². The van der Waals surface area contributed by atoms with Gasteiger partial charge in [-0.15, -0.1) is 12.4 Å². The quantitative estimate of drug-likeness (QED) is 0.833. The Kier molecular flexibility index (Phi) is 5.11. The minimum Gasteiger partial charge on any atom is -0.465 e. The molecule has 1 aromatic carbocycles. The molecule has 0 radical (unpaired) electrons. The standard InChI is InChI=1S/C9H8ClNO3.ClH/c1-11(9(13)14)8(12)6-3-2-4-7(10)5-6;/h2-5H,1H3,(H,13,14);1H. The van der Waals surface area contributed by atoms with Crippen LogP contribution >= 0.6 is 24.0 Å². The molecule has 4 nitrogen and oxygen atoms in total. The van der Waals surface area contributed by atoms with Crippen molar-refractivity contribution in [2.24, 2.45) is 0 Å². The first kappa shape index (κ1) is 13.7. The van der Waals surface area contributed by atoms with Crippen LogP contribution in [-0.2, 0) is 0 Å². The van der Waals surface area contributed by atoms with Crippen molar-refractivity contribution in [3.63, 3.8) is 0 Å². The van der Waals surface area contributed by atoms with Crippen LogP contribution in [0, 0.1) is 0 Å². The molecule has 2 amide bonds. The van der Waals surface area contributed by atoms with Gasteiger partial charge in [-0.1, -0.05) is 17.7 Å². The Morgan fingerprint density at radius 1 is 1.40 bits per heavy atom. The summed E-state index contributed by atoms with van der Waals surface area (Å²) in [4.78, 5) is 22.5. The van der Waals surface area contributed by atoms with E-state index in [2.05, 4.69) is 0 Å². The predicted octanol–water partition coefficient (Wildman–Crippen LogP) is 2.51. The monoisotopic (exact) mass is 249 g/mol. The third-order valence-corrected chi connectivity index (χ3v) is 1.90. The third-order valence-electron chi connectivity index (χ3n) is 1.66. The third kappa shape index (κ3) is 3.42. The van der Waals surface area contributed by atoms with Gasteiger partial charge in [-0.2, -0.15) is 0 Å². The molecule has 1 aromatic rings. The second-order valence-corrected chi connectivity index (χ2v) is 3.09. The Bertz CT molecular complexity index is 381. The van der Waals surface area contributed by atoms with Crippen LogP contribution in [-0.4, -0.2) is 29.1 Å². The summed E-state index contributed by atoms with van der Waals surface area (Å²) in [6.07, 6.45) is -1.30. The maximum Gasteiger partial charge on any atom is 0.414 e. The lowest BCUT2D eigenvalue weighted by molar-refractivity contribution is 0.0782. The molecule has 0 saturated heterocycles.